The minimum absolute atomic E-state index is 0.0968. The normalized spacial score (nSPS) is 14.8. The van der Waals surface area contributed by atoms with Gasteiger partial charge in [-0.2, -0.15) is 5.26 Å². The maximum atomic E-state index is 12.8. The number of thiazole rings is 1. The maximum Gasteiger partial charge on any atom is 0.270 e. The van der Waals surface area contributed by atoms with Crippen molar-refractivity contribution < 1.29 is 9.59 Å². The van der Waals surface area contributed by atoms with Gasteiger partial charge < -0.3 is 16.0 Å². The molecule has 0 saturated carbocycles. The van der Waals surface area contributed by atoms with Crippen LogP contribution in [-0.4, -0.2) is 52.4 Å². The third kappa shape index (κ3) is 5.40. The number of hydrogen-bond acceptors (Lipinski definition) is 8. The van der Waals surface area contributed by atoms with Crippen molar-refractivity contribution >= 4 is 46.6 Å². The Labute approximate surface area is 188 Å². The van der Waals surface area contributed by atoms with Crippen molar-refractivity contribution in [3.8, 4) is 6.07 Å². The van der Waals surface area contributed by atoms with Crippen molar-refractivity contribution in [2.45, 2.75) is 26.8 Å². The van der Waals surface area contributed by atoms with Crippen LogP contribution in [0.25, 0.3) is 11.8 Å². The Bertz CT molecular complexity index is 1220. The third-order valence-electron chi connectivity index (χ3n) is 4.80. The second kappa shape index (κ2) is 10.7. The fraction of sp³-hybridized carbons (Fsp3) is 0.381. The quantitative estimate of drug-likeness (QED) is 0.495. The third-order valence-corrected chi connectivity index (χ3v) is 5.93. The summed E-state index contributed by atoms with van der Waals surface area (Å²) >= 11 is 1.06. The molecule has 2 aromatic rings. The number of nitrogens with one attached hydrogen (secondary N) is 3. The molecule has 2 aromatic heterocycles. The van der Waals surface area contributed by atoms with Gasteiger partial charge in [-0.05, 0) is 45.5 Å². The molecule has 3 N–H and O–H groups in total. The summed E-state index contributed by atoms with van der Waals surface area (Å²) in [6.07, 6.45) is 2.60. The van der Waals surface area contributed by atoms with Crippen molar-refractivity contribution in [1.29, 1.82) is 5.26 Å². The van der Waals surface area contributed by atoms with Crippen LogP contribution >= 0.6 is 11.3 Å². The molecule has 32 heavy (non-hydrogen) atoms. The van der Waals surface area contributed by atoms with Crippen LogP contribution in [-0.2, 0) is 16.1 Å². The highest BCUT2D eigenvalue weighted by molar-refractivity contribution is 7.07. The summed E-state index contributed by atoms with van der Waals surface area (Å²) in [6.45, 7) is 6.43. The van der Waals surface area contributed by atoms with E-state index in [1.165, 1.54) is 10.8 Å². The molecule has 0 atom stereocenters. The number of nitrogens with zero attached hydrogens (tertiary/aromatic N) is 4. The van der Waals surface area contributed by atoms with Gasteiger partial charge in [0.25, 0.3) is 11.5 Å². The first kappa shape index (κ1) is 23.2. The highest BCUT2D eigenvalue weighted by Crippen LogP contribution is 2.10. The molecule has 0 aromatic carbocycles. The Balaban J connectivity index is 1.84. The van der Waals surface area contributed by atoms with Gasteiger partial charge in [0.15, 0.2) is 5.57 Å². The molecule has 1 aliphatic rings. The van der Waals surface area contributed by atoms with E-state index in [1.54, 1.807) is 32.0 Å². The zero-order valence-electron chi connectivity index (χ0n) is 18.0. The first-order valence-electron chi connectivity index (χ1n) is 10.3. The number of carbonyl (C=O) groups excluding carboxylic acids is 2. The fourth-order valence-electron chi connectivity index (χ4n) is 3.09. The van der Waals surface area contributed by atoms with E-state index in [2.05, 4.69) is 20.9 Å². The molecule has 0 spiro atoms. The number of nitriles is 1. The molecule has 11 heteroatoms. The van der Waals surface area contributed by atoms with E-state index < -0.39 is 5.91 Å². The molecule has 168 valence electrons. The molecular weight excluding hydrogens is 430 g/mol. The lowest BCUT2D eigenvalue weighted by Gasteiger charge is -2.29. The summed E-state index contributed by atoms with van der Waals surface area (Å²) in [5.74, 6) is 0.207. The van der Waals surface area contributed by atoms with Crippen LogP contribution in [0.15, 0.2) is 23.0 Å². The lowest BCUT2D eigenvalue weighted by atomic mass is 10.2. The number of pyridine rings is 1. The molecule has 0 radical (unpaired) electrons. The minimum atomic E-state index is -0.513. The molecule has 1 aliphatic heterocycles. The van der Waals surface area contributed by atoms with E-state index in [1.807, 2.05) is 11.0 Å². The molecule has 1 fully saturated rings. The molecular formula is C21H25N7O3S. The van der Waals surface area contributed by atoms with Gasteiger partial charge in [-0.1, -0.05) is 6.07 Å². The van der Waals surface area contributed by atoms with E-state index in [0.717, 1.165) is 30.8 Å². The minimum Gasteiger partial charge on any atom is -0.352 e. The summed E-state index contributed by atoms with van der Waals surface area (Å²) in [6, 6.07) is 7.04. The van der Waals surface area contributed by atoms with Crippen LogP contribution in [0.2, 0.25) is 0 Å². The van der Waals surface area contributed by atoms with E-state index in [-0.39, 0.29) is 17.0 Å². The van der Waals surface area contributed by atoms with Gasteiger partial charge in [-0.15, -0.1) is 11.3 Å². The van der Waals surface area contributed by atoms with Gasteiger partial charge in [0.2, 0.25) is 5.91 Å². The molecule has 3 heterocycles. The predicted molar refractivity (Wildman–Crippen MR) is 123 cm³/mol. The average Bonchev–Trinajstić information content (AvgIpc) is 3.05. The van der Waals surface area contributed by atoms with E-state index in [4.69, 9.17) is 0 Å². The largest absolute Gasteiger partial charge is 0.352 e. The van der Waals surface area contributed by atoms with Crippen molar-refractivity contribution in [3.63, 3.8) is 0 Å². The lowest BCUT2D eigenvalue weighted by Crippen LogP contribution is -2.42. The number of likely N-dealkylation sites (tertiary alicyclic amines) is 1. The van der Waals surface area contributed by atoms with Crippen LogP contribution in [0, 0.1) is 11.3 Å². The number of carbonyl (C=O) groups is 2. The Morgan fingerprint density at radius 3 is 2.66 bits per heavy atom. The summed E-state index contributed by atoms with van der Waals surface area (Å²) in [7, 11) is 0. The Morgan fingerprint density at radius 1 is 1.28 bits per heavy atom. The van der Waals surface area contributed by atoms with Gasteiger partial charge in [-0.25, -0.2) is 4.98 Å². The number of amides is 2. The van der Waals surface area contributed by atoms with Crippen LogP contribution in [0.1, 0.15) is 20.3 Å². The summed E-state index contributed by atoms with van der Waals surface area (Å²) in [5.41, 5.74) is -0.406. The van der Waals surface area contributed by atoms with Gasteiger partial charge >= 0.3 is 0 Å². The van der Waals surface area contributed by atoms with Gasteiger partial charge in [0.1, 0.15) is 26.9 Å². The highest BCUT2D eigenvalue weighted by atomic mass is 32.1. The second-order valence-electron chi connectivity index (χ2n) is 7.04. The van der Waals surface area contributed by atoms with E-state index in [0.29, 0.717) is 40.5 Å². The first-order chi connectivity index (χ1) is 15.5. The molecule has 1 saturated heterocycles. The average molecular weight is 456 g/mol. The fourth-order valence-corrected chi connectivity index (χ4v) is 4.17. The van der Waals surface area contributed by atoms with Gasteiger partial charge in [0, 0.05) is 19.3 Å². The number of aromatic nitrogens is 2. The van der Waals surface area contributed by atoms with Gasteiger partial charge in [-0.3, -0.25) is 23.9 Å². The van der Waals surface area contributed by atoms with Gasteiger partial charge in [0.05, 0.1) is 6.54 Å². The van der Waals surface area contributed by atoms with Crippen LogP contribution in [0.3, 0.4) is 0 Å². The number of rotatable bonds is 8. The summed E-state index contributed by atoms with van der Waals surface area (Å²) < 4.78 is 2.03. The van der Waals surface area contributed by atoms with Crippen LogP contribution in [0.4, 0.5) is 11.6 Å². The van der Waals surface area contributed by atoms with Crippen molar-refractivity contribution in [3.05, 3.63) is 37.7 Å². The number of hydrogen-bond donors (Lipinski definition) is 3. The molecule has 10 nitrogen and oxygen atoms in total. The SMILES string of the molecule is CCNC(=O)/C(C#N)=c1\s/c(=C/Nc2cccc(NC(=O)CN3CCC3)n2)c(=O)n1CC. The van der Waals surface area contributed by atoms with Crippen LogP contribution < -0.4 is 30.7 Å². The van der Waals surface area contributed by atoms with Crippen molar-refractivity contribution in [2.75, 3.05) is 36.8 Å². The van der Waals surface area contributed by atoms with Crippen molar-refractivity contribution in [1.82, 2.24) is 19.8 Å². The molecule has 2 amide bonds. The molecule has 0 aliphatic carbocycles. The monoisotopic (exact) mass is 455 g/mol. The maximum absolute atomic E-state index is 12.8. The number of anilines is 2. The standard InChI is InChI=1S/C21H25N7O3S/c1-3-23-19(30)14(11-22)21-28(4-2)20(31)15(32-21)12-24-16-7-5-8-17(25-16)26-18(29)13-27-9-6-10-27/h5,7-8,12H,3-4,6,9-10,13H2,1-2H3,(H,23,30)(H2,24,25,26,29)/b15-12+,21-14-. The summed E-state index contributed by atoms with van der Waals surface area (Å²) in [5, 5.41) is 17.8. The Hall–Kier alpha value is -3.49. The molecule has 0 bridgehead atoms. The topological polar surface area (TPSA) is 132 Å². The molecule has 3 rings (SSSR count). The first-order valence-corrected chi connectivity index (χ1v) is 11.2. The zero-order chi connectivity index (χ0) is 23.1. The molecule has 0 unspecified atom stereocenters. The highest BCUT2D eigenvalue weighted by Gasteiger charge is 2.17. The van der Waals surface area contributed by atoms with E-state index in [9.17, 15) is 19.6 Å². The smallest absolute Gasteiger partial charge is 0.270 e. The summed E-state index contributed by atoms with van der Waals surface area (Å²) in [4.78, 5) is 43.4. The van der Waals surface area contributed by atoms with Crippen LogP contribution in [0.5, 0.6) is 0 Å². The van der Waals surface area contributed by atoms with Crippen molar-refractivity contribution in [2.24, 2.45) is 0 Å². The van der Waals surface area contributed by atoms with E-state index >= 15 is 0 Å². The lowest BCUT2D eigenvalue weighted by molar-refractivity contribution is -0.118. The second-order valence-corrected chi connectivity index (χ2v) is 8.07. The predicted octanol–water partition coefficient (Wildman–Crippen LogP) is -0.371. The Kier molecular flexibility index (Phi) is 7.75. The zero-order valence-corrected chi connectivity index (χ0v) is 18.8. The Morgan fingerprint density at radius 2 is 2.03 bits per heavy atom.